The molecule has 2 aromatic heterocycles. The van der Waals surface area contributed by atoms with E-state index in [2.05, 4.69) is 33.2 Å². The average Bonchev–Trinajstić information content (AvgIpc) is 2.94. The maximum absolute atomic E-state index is 12.2. The van der Waals surface area contributed by atoms with Gasteiger partial charge >= 0.3 is 0 Å². The number of fused-ring (bicyclic) bond motifs is 1. The first-order valence-corrected chi connectivity index (χ1v) is 9.20. The fourth-order valence-electron chi connectivity index (χ4n) is 2.52. The van der Waals surface area contributed by atoms with Gasteiger partial charge in [0.25, 0.3) is 5.56 Å². The van der Waals surface area contributed by atoms with Crippen LogP contribution >= 0.6 is 27.3 Å². The van der Waals surface area contributed by atoms with Crippen molar-refractivity contribution in [1.82, 2.24) is 14.7 Å². The van der Waals surface area contributed by atoms with Crippen molar-refractivity contribution in [3.63, 3.8) is 0 Å². The zero-order valence-corrected chi connectivity index (χ0v) is 16.1. The highest BCUT2D eigenvalue weighted by atomic mass is 79.9. The minimum absolute atomic E-state index is 0.0320. The van der Waals surface area contributed by atoms with Gasteiger partial charge in [0.05, 0.1) is 17.3 Å². The van der Waals surface area contributed by atoms with Crippen LogP contribution in [0.25, 0.3) is 4.96 Å². The van der Waals surface area contributed by atoms with Crippen molar-refractivity contribution in [3.8, 4) is 5.75 Å². The topological polar surface area (TPSA) is 55.6 Å². The van der Waals surface area contributed by atoms with Crippen LogP contribution in [0.3, 0.4) is 0 Å². The molecular weight excluding hydrogens is 390 g/mol. The van der Waals surface area contributed by atoms with E-state index in [1.165, 1.54) is 11.3 Å². The molecule has 0 aliphatic carbocycles. The van der Waals surface area contributed by atoms with E-state index < -0.39 is 0 Å². The van der Waals surface area contributed by atoms with Crippen LogP contribution in [-0.4, -0.2) is 16.5 Å². The summed E-state index contributed by atoms with van der Waals surface area (Å²) in [6.07, 6.45) is 0. The van der Waals surface area contributed by atoms with Crippen LogP contribution in [0.15, 0.2) is 38.9 Å². The molecule has 0 bridgehead atoms. The largest absolute Gasteiger partial charge is 0.496 e. The van der Waals surface area contributed by atoms with E-state index in [4.69, 9.17) is 4.74 Å². The third kappa shape index (κ3) is 3.38. The van der Waals surface area contributed by atoms with Crippen LogP contribution in [0.1, 0.15) is 29.9 Å². The van der Waals surface area contributed by atoms with E-state index in [1.807, 2.05) is 30.5 Å². The summed E-state index contributed by atoms with van der Waals surface area (Å²) in [7, 11) is 1.65. The van der Waals surface area contributed by atoms with Crippen molar-refractivity contribution >= 4 is 32.2 Å². The van der Waals surface area contributed by atoms with E-state index in [1.54, 1.807) is 17.6 Å². The molecule has 1 unspecified atom stereocenters. The molecule has 0 radical (unpaired) electrons. The molecule has 5 nitrogen and oxygen atoms in total. The Kier molecular flexibility index (Phi) is 5.03. The Bertz CT molecular complexity index is 935. The van der Waals surface area contributed by atoms with E-state index >= 15 is 0 Å². The molecule has 3 aromatic rings. The first-order valence-electron chi connectivity index (χ1n) is 7.53. The predicted molar refractivity (Wildman–Crippen MR) is 100 cm³/mol. The zero-order chi connectivity index (χ0) is 17.3. The molecule has 1 aromatic carbocycles. The van der Waals surface area contributed by atoms with E-state index in [9.17, 15) is 4.79 Å². The van der Waals surface area contributed by atoms with Crippen LogP contribution < -0.4 is 15.6 Å². The molecule has 0 saturated heterocycles. The van der Waals surface area contributed by atoms with Crippen LogP contribution in [0.4, 0.5) is 0 Å². The molecule has 1 atom stereocenters. The number of thiazole rings is 1. The van der Waals surface area contributed by atoms with Gasteiger partial charge in [0.1, 0.15) is 5.75 Å². The Hall–Kier alpha value is -1.70. The van der Waals surface area contributed by atoms with Gasteiger partial charge < -0.3 is 10.1 Å². The van der Waals surface area contributed by atoms with Crippen LogP contribution in [0.5, 0.6) is 5.75 Å². The van der Waals surface area contributed by atoms with Gasteiger partial charge in [-0.15, -0.1) is 11.3 Å². The summed E-state index contributed by atoms with van der Waals surface area (Å²) in [6.45, 7) is 4.52. The van der Waals surface area contributed by atoms with Crippen molar-refractivity contribution in [1.29, 1.82) is 0 Å². The van der Waals surface area contributed by atoms with Crippen molar-refractivity contribution in [2.45, 2.75) is 26.4 Å². The average molecular weight is 408 g/mol. The van der Waals surface area contributed by atoms with Crippen LogP contribution in [-0.2, 0) is 6.54 Å². The molecule has 0 amide bonds. The van der Waals surface area contributed by atoms with Gasteiger partial charge in [-0.25, -0.2) is 4.98 Å². The first-order chi connectivity index (χ1) is 11.5. The van der Waals surface area contributed by atoms with Crippen molar-refractivity contribution in [2.75, 3.05) is 7.11 Å². The van der Waals surface area contributed by atoms with Gasteiger partial charge in [-0.1, -0.05) is 6.07 Å². The summed E-state index contributed by atoms with van der Waals surface area (Å²) < 4.78 is 7.81. The number of rotatable bonds is 5. The Morgan fingerprint density at radius 1 is 1.42 bits per heavy atom. The third-order valence-electron chi connectivity index (χ3n) is 3.89. The van der Waals surface area contributed by atoms with Crippen molar-refractivity contribution < 1.29 is 4.74 Å². The van der Waals surface area contributed by atoms with E-state index in [0.717, 1.165) is 32.1 Å². The van der Waals surface area contributed by atoms with E-state index in [-0.39, 0.29) is 11.6 Å². The van der Waals surface area contributed by atoms with Crippen molar-refractivity contribution in [3.05, 3.63) is 61.4 Å². The second kappa shape index (κ2) is 7.04. The molecule has 2 heterocycles. The molecule has 0 saturated carbocycles. The number of nitrogens with zero attached hydrogens (tertiary/aromatic N) is 2. The molecule has 1 N–H and O–H groups in total. The number of methoxy groups -OCH3 is 1. The number of ether oxygens (including phenoxy) is 1. The van der Waals surface area contributed by atoms with Gasteiger partial charge in [-0.2, -0.15) is 0 Å². The number of aryl methyl sites for hydroxylation is 1. The SMILES string of the molecule is COc1ccc(C(C)NCc2cc(=O)n3c(C)csc3n2)cc1Br. The number of benzene rings is 1. The molecule has 7 heteroatoms. The molecule has 0 aliphatic rings. The number of nitrogens with one attached hydrogen (secondary N) is 1. The quantitative estimate of drug-likeness (QED) is 0.700. The fraction of sp³-hybridized carbons (Fsp3) is 0.294. The van der Waals surface area contributed by atoms with Gasteiger partial charge in [0, 0.05) is 29.7 Å². The maximum atomic E-state index is 12.2. The zero-order valence-electron chi connectivity index (χ0n) is 13.7. The maximum Gasteiger partial charge on any atom is 0.259 e. The molecular formula is C17H18BrN3O2S. The lowest BCUT2D eigenvalue weighted by Crippen LogP contribution is -2.22. The lowest BCUT2D eigenvalue weighted by Gasteiger charge is -2.15. The monoisotopic (exact) mass is 407 g/mol. The number of hydrogen-bond donors (Lipinski definition) is 1. The highest BCUT2D eigenvalue weighted by Gasteiger charge is 2.10. The highest BCUT2D eigenvalue weighted by Crippen LogP contribution is 2.28. The summed E-state index contributed by atoms with van der Waals surface area (Å²) >= 11 is 4.99. The van der Waals surface area contributed by atoms with Gasteiger partial charge in [0.15, 0.2) is 4.96 Å². The summed E-state index contributed by atoms with van der Waals surface area (Å²) in [5.41, 5.74) is 2.77. The Balaban J connectivity index is 1.75. The van der Waals surface area contributed by atoms with Gasteiger partial charge in [0.2, 0.25) is 0 Å². The van der Waals surface area contributed by atoms with Gasteiger partial charge in [-0.3, -0.25) is 9.20 Å². The second-order valence-corrected chi connectivity index (χ2v) is 7.27. The normalized spacial score (nSPS) is 12.5. The molecule has 24 heavy (non-hydrogen) atoms. The van der Waals surface area contributed by atoms with Crippen molar-refractivity contribution in [2.24, 2.45) is 0 Å². The smallest absolute Gasteiger partial charge is 0.259 e. The molecule has 0 spiro atoms. The minimum atomic E-state index is -0.0320. The minimum Gasteiger partial charge on any atom is -0.496 e. The summed E-state index contributed by atoms with van der Waals surface area (Å²) in [6, 6.07) is 7.71. The van der Waals surface area contributed by atoms with Crippen LogP contribution in [0.2, 0.25) is 0 Å². The second-order valence-electron chi connectivity index (χ2n) is 5.58. The molecule has 0 fully saturated rings. The Labute approximate surface area is 152 Å². The summed E-state index contributed by atoms with van der Waals surface area (Å²) in [4.78, 5) is 17.5. The number of aromatic nitrogens is 2. The summed E-state index contributed by atoms with van der Waals surface area (Å²) in [5.74, 6) is 0.805. The van der Waals surface area contributed by atoms with Gasteiger partial charge in [-0.05, 0) is 47.5 Å². The van der Waals surface area contributed by atoms with E-state index in [0.29, 0.717) is 6.54 Å². The molecule has 3 rings (SSSR count). The molecule has 0 aliphatic heterocycles. The number of hydrogen-bond acceptors (Lipinski definition) is 5. The lowest BCUT2D eigenvalue weighted by molar-refractivity contribution is 0.411. The lowest BCUT2D eigenvalue weighted by atomic mass is 10.1. The van der Waals surface area contributed by atoms with Crippen LogP contribution in [0, 0.1) is 6.92 Å². The first kappa shape index (κ1) is 17.1. The third-order valence-corrected chi connectivity index (χ3v) is 5.46. The molecule has 126 valence electrons. The highest BCUT2D eigenvalue weighted by molar-refractivity contribution is 9.10. The standard InChI is InChI=1S/C17H18BrN3O2S/c1-10-9-24-17-20-13(7-16(22)21(10)17)8-19-11(2)12-4-5-15(23-3)14(18)6-12/h4-7,9,11,19H,8H2,1-3H3. The Morgan fingerprint density at radius 2 is 2.21 bits per heavy atom. The fourth-order valence-corrected chi connectivity index (χ4v) is 3.97. The summed E-state index contributed by atoms with van der Waals surface area (Å²) in [5, 5.41) is 5.35. The Morgan fingerprint density at radius 3 is 2.92 bits per heavy atom. The number of halogens is 1. The predicted octanol–water partition coefficient (Wildman–Crippen LogP) is 3.69.